The minimum absolute atomic E-state index is 0.0275. The summed E-state index contributed by atoms with van der Waals surface area (Å²) < 4.78 is 12.0. The summed E-state index contributed by atoms with van der Waals surface area (Å²) in [6, 6.07) is 12.8. The quantitative estimate of drug-likeness (QED) is 0.444. The molecule has 170 valence electrons. The molecule has 2 fully saturated rings. The molecule has 1 saturated carbocycles. The Labute approximate surface area is 196 Å². The van der Waals surface area contributed by atoms with E-state index < -0.39 is 0 Å². The molecule has 0 atom stereocenters. The van der Waals surface area contributed by atoms with E-state index in [4.69, 9.17) is 20.5 Å². The van der Waals surface area contributed by atoms with Crippen LogP contribution in [0.25, 0.3) is 11.1 Å². The predicted octanol–water partition coefficient (Wildman–Crippen LogP) is 3.36. The number of amides is 1. The van der Waals surface area contributed by atoms with Gasteiger partial charge in [-0.2, -0.15) is 5.26 Å². The molecule has 1 aromatic carbocycles. The molecule has 1 amide bonds. The van der Waals surface area contributed by atoms with Crippen molar-refractivity contribution in [3.8, 4) is 34.6 Å². The summed E-state index contributed by atoms with van der Waals surface area (Å²) in [5.74, 6) is 1.84. The van der Waals surface area contributed by atoms with Crippen LogP contribution in [-0.2, 0) is 4.79 Å². The van der Waals surface area contributed by atoms with E-state index in [1.807, 2.05) is 30.3 Å². The van der Waals surface area contributed by atoms with Gasteiger partial charge in [0.25, 0.3) is 5.91 Å². The standard InChI is InChI=1S/C25H22N6O3/c1-16(12-26)24(32)31-13-25(14-31)10-20(11-25)34-23-21(22(27)29-15-30-23)17-2-4-18(5-3-17)33-19-6-8-28-9-7-19/h2-9,15,20H,1,10-11,13-14H2,(H2,27,29,30). The molecule has 2 aliphatic rings. The molecule has 0 bridgehead atoms. The average Bonchev–Trinajstić information content (AvgIpc) is 2.80. The lowest BCUT2D eigenvalue weighted by molar-refractivity contribution is -0.156. The highest BCUT2D eigenvalue weighted by atomic mass is 16.5. The molecular formula is C25H22N6O3. The van der Waals surface area contributed by atoms with Crippen LogP contribution < -0.4 is 15.2 Å². The van der Waals surface area contributed by atoms with Crippen molar-refractivity contribution in [3.63, 3.8) is 0 Å². The van der Waals surface area contributed by atoms with Crippen molar-refractivity contribution in [1.29, 1.82) is 5.26 Å². The summed E-state index contributed by atoms with van der Waals surface area (Å²) in [6.07, 6.45) is 6.30. The molecule has 1 saturated heterocycles. The van der Waals surface area contributed by atoms with Crippen molar-refractivity contribution < 1.29 is 14.3 Å². The van der Waals surface area contributed by atoms with Crippen molar-refractivity contribution >= 4 is 11.7 Å². The summed E-state index contributed by atoms with van der Waals surface area (Å²) in [6.45, 7) is 4.73. The monoisotopic (exact) mass is 454 g/mol. The van der Waals surface area contributed by atoms with Gasteiger partial charge in [-0.1, -0.05) is 18.7 Å². The van der Waals surface area contributed by atoms with E-state index in [-0.39, 0.29) is 23.0 Å². The van der Waals surface area contributed by atoms with E-state index in [1.165, 1.54) is 6.33 Å². The molecule has 34 heavy (non-hydrogen) atoms. The van der Waals surface area contributed by atoms with Crippen LogP contribution in [-0.4, -0.2) is 45.0 Å². The van der Waals surface area contributed by atoms with Gasteiger partial charge in [0.15, 0.2) is 0 Å². The number of rotatable bonds is 6. The Kier molecular flexibility index (Phi) is 5.34. The smallest absolute Gasteiger partial charge is 0.263 e. The number of benzene rings is 1. The maximum atomic E-state index is 12.1. The molecule has 2 N–H and O–H groups in total. The maximum absolute atomic E-state index is 12.1. The van der Waals surface area contributed by atoms with Gasteiger partial charge in [0.2, 0.25) is 5.88 Å². The van der Waals surface area contributed by atoms with Crippen LogP contribution in [0.4, 0.5) is 5.82 Å². The van der Waals surface area contributed by atoms with E-state index in [0.29, 0.717) is 41.8 Å². The number of aromatic nitrogens is 3. The molecular weight excluding hydrogens is 432 g/mol. The van der Waals surface area contributed by atoms with Crippen LogP contribution in [0.1, 0.15) is 12.8 Å². The van der Waals surface area contributed by atoms with Crippen molar-refractivity contribution in [2.75, 3.05) is 18.8 Å². The molecule has 2 aromatic heterocycles. The van der Waals surface area contributed by atoms with Crippen molar-refractivity contribution in [2.45, 2.75) is 18.9 Å². The third-order valence-corrected chi connectivity index (χ3v) is 6.20. The molecule has 1 spiro atoms. The molecule has 5 rings (SSSR count). The summed E-state index contributed by atoms with van der Waals surface area (Å²) in [5, 5.41) is 8.86. The highest BCUT2D eigenvalue weighted by Crippen LogP contribution is 2.50. The Morgan fingerprint density at radius 1 is 1.12 bits per heavy atom. The van der Waals surface area contributed by atoms with Crippen molar-refractivity contribution in [3.05, 3.63) is 67.3 Å². The fraction of sp³-hybridized carbons (Fsp3) is 0.240. The van der Waals surface area contributed by atoms with Gasteiger partial charge in [-0.15, -0.1) is 0 Å². The molecule has 9 nitrogen and oxygen atoms in total. The van der Waals surface area contributed by atoms with E-state index in [1.54, 1.807) is 29.4 Å². The van der Waals surface area contributed by atoms with Crippen LogP contribution >= 0.6 is 0 Å². The lowest BCUT2D eigenvalue weighted by Crippen LogP contribution is -2.66. The molecule has 3 aromatic rings. The van der Waals surface area contributed by atoms with E-state index >= 15 is 0 Å². The second-order valence-corrected chi connectivity index (χ2v) is 8.65. The lowest BCUT2D eigenvalue weighted by atomic mass is 9.61. The zero-order valence-electron chi connectivity index (χ0n) is 18.3. The number of anilines is 1. The van der Waals surface area contributed by atoms with Gasteiger partial charge in [-0.25, -0.2) is 9.97 Å². The van der Waals surface area contributed by atoms with Crippen LogP contribution in [0.2, 0.25) is 0 Å². The summed E-state index contributed by atoms with van der Waals surface area (Å²) in [5.41, 5.74) is 7.65. The Morgan fingerprint density at radius 3 is 2.47 bits per heavy atom. The molecule has 3 heterocycles. The first-order valence-corrected chi connectivity index (χ1v) is 10.8. The minimum atomic E-state index is -0.292. The first kappa shape index (κ1) is 21.4. The largest absolute Gasteiger partial charge is 0.474 e. The van der Waals surface area contributed by atoms with E-state index in [0.717, 1.165) is 18.4 Å². The van der Waals surface area contributed by atoms with Crippen molar-refractivity contribution in [1.82, 2.24) is 19.9 Å². The lowest BCUT2D eigenvalue weighted by Gasteiger charge is -2.58. The van der Waals surface area contributed by atoms with E-state index in [9.17, 15) is 4.79 Å². The zero-order chi connectivity index (χ0) is 23.7. The fourth-order valence-electron chi connectivity index (χ4n) is 4.53. The fourth-order valence-corrected chi connectivity index (χ4v) is 4.53. The third kappa shape index (κ3) is 4.01. The number of hydrogen-bond donors (Lipinski definition) is 1. The first-order valence-electron chi connectivity index (χ1n) is 10.8. The normalized spacial score (nSPS) is 16.1. The molecule has 9 heteroatoms. The Bertz CT molecular complexity index is 1270. The number of ether oxygens (including phenoxy) is 2. The van der Waals surface area contributed by atoms with Gasteiger partial charge in [-0.05, 0) is 42.7 Å². The molecule has 0 unspecified atom stereocenters. The van der Waals surface area contributed by atoms with Gasteiger partial charge in [0.1, 0.15) is 41.4 Å². The second-order valence-electron chi connectivity index (χ2n) is 8.65. The number of nitriles is 1. The molecule has 1 aliphatic heterocycles. The van der Waals surface area contributed by atoms with Gasteiger partial charge in [0.05, 0.1) is 5.56 Å². The number of pyridine rings is 1. The number of nitrogens with zero attached hydrogens (tertiary/aromatic N) is 5. The zero-order valence-corrected chi connectivity index (χ0v) is 18.3. The number of likely N-dealkylation sites (tertiary alicyclic amines) is 1. The number of carbonyl (C=O) groups is 1. The van der Waals surface area contributed by atoms with Gasteiger partial charge in [0, 0.05) is 30.9 Å². The van der Waals surface area contributed by atoms with Crippen LogP contribution in [0.3, 0.4) is 0 Å². The number of nitrogen functional groups attached to an aromatic ring is 1. The summed E-state index contributed by atoms with van der Waals surface area (Å²) >= 11 is 0. The Hall–Kier alpha value is -4.45. The average molecular weight is 454 g/mol. The molecule has 0 radical (unpaired) electrons. The van der Waals surface area contributed by atoms with E-state index in [2.05, 4.69) is 21.5 Å². The van der Waals surface area contributed by atoms with Crippen LogP contribution in [0.5, 0.6) is 17.4 Å². The highest BCUT2D eigenvalue weighted by Gasteiger charge is 2.55. The van der Waals surface area contributed by atoms with Gasteiger partial charge in [-0.3, -0.25) is 9.78 Å². The van der Waals surface area contributed by atoms with Crippen molar-refractivity contribution in [2.24, 2.45) is 5.41 Å². The predicted molar refractivity (Wildman–Crippen MR) is 124 cm³/mol. The van der Waals surface area contributed by atoms with Gasteiger partial charge >= 0.3 is 0 Å². The number of nitrogens with two attached hydrogens (primary N) is 1. The number of carbonyl (C=O) groups excluding carboxylic acids is 1. The molecule has 1 aliphatic carbocycles. The highest BCUT2D eigenvalue weighted by molar-refractivity contribution is 5.97. The second kappa shape index (κ2) is 8.48. The third-order valence-electron chi connectivity index (χ3n) is 6.20. The maximum Gasteiger partial charge on any atom is 0.263 e. The van der Waals surface area contributed by atoms with Gasteiger partial charge < -0.3 is 20.1 Å². The Balaban J connectivity index is 1.24. The summed E-state index contributed by atoms with van der Waals surface area (Å²) in [4.78, 5) is 26.2. The SMILES string of the molecule is C=C(C#N)C(=O)N1CC2(CC(Oc3ncnc(N)c3-c3ccc(Oc4ccncc4)cc3)C2)C1. The minimum Gasteiger partial charge on any atom is -0.474 e. The van der Waals surface area contributed by atoms with Crippen LogP contribution in [0, 0.1) is 16.7 Å². The summed E-state index contributed by atoms with van der Waals surface area (Å²) in [7, 11) is 0. The first-order chi connectivity index (χ1) is 16.5. The topological polar surface area (TPSA) is 127 Å². The number of hydrogen-bond acceptors (Lipinski definition) is 8. The Morgan fingerprint density at radius 2 is 1.79 bits per heavy atom. The van der Waals surface area contributed by atoms with Crippen LogP contribution in [0.15, 0.2) is 67.3 Å².